The molecule has 0 saturated heterocycles. The van der Waals surface area contributed by atoms with Gasteiger partial charge in [0.25, 0.3) is 5.91 Å². The molecule has 4 nitrogen and oxygen atoms in total. The fourth-order valence-electron chi connectivity index (χ4n) is 2.22. The third kappa shape index (κ3) is 4.32. The van der Waals surface area contributed by atoms with Crippen molar-refractivity contribution in [3.63, 3.8) is 0 Å². The molecule has 0 unspecified atom stereocenters. The minimum absolute atomic E-state index is 0.0499. The van der Waals surface area contributed by atoms with E-state index in [1.165, 1.54) is 23.1 Å². The lowest BCUT2D eigenvalue weighted by molar-refractivity contribution is -0.116. The van der Waals surface area contributed by atoms with Gasteiger partial charge in [0, 0.05) is 17.3 Å². The summed E-state index contributed by atoms with van der Waals surface area (Å²) in [5.41, 5.74) is 1.39. The number of rotatable bonds is 5. The van der Waals surface area contributed by atoms with Crippen LogP contribution in [0.2, 0.25) is 5.02 Å². The summed E-state index contributed by atoms with van der Waals surface area (Å²) in [5.74, 6) is -1.49. The molecular formula is C18H18ClFN2O2. The zero-order chi connectivity index (χ0) is 17.7. The normalized spacial score (nSPS) is 10.3. The Bertz CT molecular complexity index is 764. The largest absolute Gasteiger partial charge is 0.330 e. The van der Waals surface area contributed by atoms with Gasteiger partial charge >= 0.3 is 0 Å². The van der Waals surface area contributed by atoms with Gasteiger partial charge in [0.1, 0.15) is 12.4 Å². The number of hydrogen-bond donors (Lipinski definition) is 1. The van der Waals surface area contributed by atoms with Gasteiger partial charge in [-0.05, 0) is 43.7 Å². The van der Waals surface area contributed by atoms with Crippen molar-refractivity contribution in [3.8, 4) is 0 Å². The SMILES string of the molecule is CCN(CC(=O)Nc1cc(Cl)ccc1C)C(=O)c1ccccc1F. The Hall–Kier alpha value is -2.40. The molecule has 2 aromatic carbocycles. The number of carbonyl (C=O) groups excluding carboxylic acids is 2. The van der Waals surface area contributed by atoms with Crippen molar-refractivity contribution < 1.29 is 14.0 Å². The van der Waals surface area contributed by atoms with Crippen molar-refractivity contribution in [2.24, 2.45) is 0 Å². The van der Waals surface area contributed by atoms with Gasteiger partial charge in [0.2, 0.25) is 5.91 Å². The third-order valence-corrected chi connectivity index (χ3v) is 3.82. The van der Waals surface area contributed by atoms with Gasteiger partial charge in [-0.1, -0.05) is 29.8 Å². The highest BCUT2D eigenvalue weighted by atomic mass is 35.5. The number of amides is 2. The second-order valence-corrected chi connectivity index (χ2v) is 5.74. The highest BCUT2D eigenvalue weighted by molar-refractivity contribution is 6.31. The quantitative estimate of drug-likeness (QED) is 0.891. The van der Waals surface area contributed by atoms with Gasteiger partial charge < -0.3 is 10.2 Å². The first kappa shape index (κ1) is 17.9. The molecule has 0 aliphatic rings. The minimum atomic E-state index is -0.605. The highest BCUT2D eigenvalue weighted by Crippen LogP contribution is 2.20. The second-order valence-electron chi connectivity index (χ2n) is 5.31. The van der Waals surface area contributed by atoms with E-state index < -0.39 is 11.7 Å². The van der Waals surface area contributed by atoms with E-state index >= 15 is 0 Å². The molecule has 0 bridgehead atoms. The molecule has 126 valence electrons. The zero-order valence-corrected chi connectivity index (χ0v) is 14.2. The maximum Gasteiger partial charge on any atom is 0.257 e. The van der Waals surface area contributed by atoms with E-state index in [-0.39, 0.29) is 24.6 Å². The van der Waals surface area contributed by atoms with Crippen LogP contribution in [0.4, 0.5) is 10.1 Å². The fourth-order valence-corrected chi connectivity index (χ4v) is 2.40. The predicted octanol–water partition coefficient (Wildman–Crippen LogP) is 3.89. The number of benzene rings is 2. The number of nitrogens with one attached hydrogen (secondary N) is 1. The number of nitrogens with zero attached hydrogens (tertiary/aromatic N) is 1. The molecule has 2 aromatic rings. The third-order valence-electron chi connectivity index (χ3n) is 3.58. The van der Waals surface area contributed by atoms with Gasteiger partial charge in [-0.15, -0.1) is 0 Å². The van der Waals surface area contributed by atoms with Crippen molar-refractivity contribution in [1.82, 2.24) is 4.90 Å². The van der Waals surface area contributed by atoms with Gasteiger partial charge in [-0.25, -0.2) is 4.39 Å². The topological polar surface area (TPSA) is 49.4 Å². The number of halogens is 2. The molecule has 0 spiro atoms. The maximum atomic E-state index is 13.8. The highest BCUT2D eigenvalue weighted by Gasteiger charge is 2.20. The zero-order valence-electron chi connectivity index (χ0n) is 13.5. The maximum absolute atomic E-state index is 13.8. The Morgan fingerprint density at radius 1 is 1.21 bits per heavy atom. The first-order chi connectivity index (χ1) is 11.4. The standard InChI is InChI=1S/C18H18ClFN2O2/c1-3-22(18(24)14-6-4-5-7-15(14)20)11-17(23)21-16-10-13(19)9-8-12(16)2/h4-10H,3,11H2,1-2H3,(H,21,23). The van der Waals surface area contributed by atoms with Gasteiger partial charge in [-0.2, -0.15) is 0 Å². The van der Waals surface area contributed by atoms with Crippen molar-refractivity contribution >= 4 is 29.1 Å². The number of aryl methyl sites for hydroxylation is 1. The van der Waals surface area contributed by atoms with Gasteiger partial charge in [0.15, 0.2) is 0 Å². The van der Waals surface area contributed by atoms with E-state index in [0.29, 0.717) is 10.7 Å². The summed E-state index contributed by atoms with van der Waals surface area (Å²) in [6.45, 7) is 3.69. The number of hydrogen-bond acceptors (Lipinski definition) is 2. The van der Waals surface area contributed by atoms with Crippen LogP contribution in [0.3, 0.4) is 0 Å². The summed E-state index contributed by atoms with van der Waals surface area (Å²) >= 11 is 5.92. The van der Waals surface area contributed by atoms with Gasteiger partial charge in [0.05, 0.1) is 5.56 Å². The summed E-state index contributed by atoms with van der Waals surface area (Å²) in [6.07, 6.45) is 0. The predicted molar refractivity (Wildman–Crippen MR) is 92.8 cm³/mol. The Morgan fingerprint density at radius 2 is 1.92 bits per heavy atom. The first-order valence-corrected chi connectivity index (χ1v) is 7.90. The van der Waals surface area contributed by atoms with Crippen molar-refractivity contribution in [1.29, 1.82) is 0 Å². The van der Waals surface area contributed by atoms with E-state index in [2.05, 4.69) is 5.32 Å². The lowest BCUT2D eigenvalue weighted by atomic mass is 10.2. The summed E-state index contributed by atoms with van der Waals surface area (Å²) < 4.78 is 13.8. The Kier molecular flexibility index (Phi) is 5.93. The molecule has 0 fully saturated rings. The fraction of sp³-hybridized carbons (Fsp3) is 0.222. The Labute approximate surface area is 145 Å². The molecule has 0 saturated carbocycles. The van der Waals surface area contributed by atoms with Crippen LogP contribution in [0.5, 0.6) is 0 Å². The molecule has 0 heterocycles. The molecular weight excluding hydrogens is 331 g/mol. The average Bonchev–Trinajstić information content (AvgIpc) is 2.56. The van der Waals surface area contributed by atoms with Crippen molar-refractivity contribution in [2.75, 3.05) is 18.4 Å². The molecule has 1 N–H and O–H groups in total. The molecule has 2 rings (SSSR count). The first-order valence-electron chi connectivity index (χ1n) is 7.52. The molecule has 0 atom stereocenters. The average molecular weight is 349 g/mol. The number of anilines is 1. The van der Waals surface area contributed by atoms with Crippen LogP contribution in [0, 0.1) is 12.7 Å². The summed E-state index contributed by atoms with van der Waals surface area (Å²) in [7, 11) is 0. The molecule has 0 aliphatic carbocycles. The molecule has 0 aliphatic heterocycles. The minimum Gasteiger partial charge on any atom is -0.330 e. The van der Waals surface area contributed by atoms with Crippen LogP contribution in [0.25, 0.3) is 0 Å². The van der Waals surface area contributed by atoms with Crippen LogP contribution in [-0.4, -0.2) is 29.8 Å². The molecule has 24 heavy (non-hydrogen) atoms. The molecule has 6 heteroatoms. The van der Waals surface area contributed by atoms with Crippen molar-refractivity contribution in [3.05, 3.63) is 64.4 Å². The van der Waals surface area contributed by atoms with E-state index in [4.69, 9.17) is 11.6 Å². The second kappa shape index (κ2) is 7.93. The van der Waals surface area contributed by atoms with Crippen LogP contribution in [0.15, 0.2) is 42.5 Å². The van der Waals surface area contributed by atoms with Crippen molar-refractivity contribution in [2.45, 2.75) is 13.8 Å². The lowest BCUT2D eigenvalue weighted by Gasteiger charge is -2.21. The van der Waals surface area contributed by atoms with Gasteiger partial charge in [-0.3, -0.25) is 9.59 Å². The lowest BCUT2D eigenvalue weighted by Crippen LogP contribution is -2.38. The summed E-state index contributed by atoms with van der Waals surface area (Å²) in [5, 5.41) is 3.23. The Morgan fingerprint density at radius 3 is 2.58 bits per heavy atom. The van der Waals surface area contributed by atoms with E-state index in [0.717, 1.165) is 5.56 Å². The van der Waals surface area contributed by atoms with E-state index in [9.17, 15) is 14.0 Å². The Balaban J connectivity index is 2.09. The molecule has 2 amide bonds. The smallest absolute Gasteiger partial charge is 0.257 e. The van der Waals surface area contributed by atoms with E-state index in [1.54, 1.807) is 31.2 Å². The molecule has 0 radical (unpaired) electrons. The van der Waals surface area contributed by atoms with Crippen LogP contribution in [-0.2, 0) is 4.79 Å². The van der Waals surface area contributed by atoms with Crippen LogP contribution in [0.1, 0.15) is 22.8 Å². The summed E-state index contributed by atoms with van der Waals surface area (Å²) in [4.78, 5) is 25.9. The van der Waals surface area contributed by atoms with E-state index in [1.807, 2.05) is 6.92 Å². The monoisotopic (exact) mass is 348 g/mol. The number of likely N-dealkylation sites (N-methyl/N-ethyl adjacent to an activating group) is 1. The number of carbonyl (C=O) groups is 2. The molecule has 0 aromatic heterocycles. The van der Waals surface area contributed by atoms with Crippen LogP contribution < -0.4 is 5.32 Å². The van der Waals surface area contributed by atoms with Crippen LogP contribution >= 0.6 is 11.6 Å². The summed E-state index contributed by atoms with van der Waals surface area (Å²) in [6, 6.07) is 10.9.